The number of hydrogen-bond acceptors (Lipinski definition) is 3. The summed E-state index contributed by atoms with van der Waals surface area (Å²) in [4.78, 5) is 0. The second kappa shape index (κ2) is 5.93. The monoisotopic (exact) mass is 293 g/mol. The Morgan fingerprint density at radius 2 is 2.14 bits per heavy atom. The smallest absolute Gasteiger partial charge is 0.126 e. The van der Waals surface area contributed by atoms with Gasteiger partial charge in [0.25, 0.3) is 0 Å². The van der Waals surface area contributed by atoms with Gasteiger partial charge in [-0.2, -0.15) is 0 Å². The molecule has 1 unspecified atom stereocenters. The SMILES string of the molecule is CC1CCC(CN)(OCC2Cc3cc(F)ccc3O2)CC1. The van der Waals surface area contributed by atoms with E-state index in [0.717, 1.165) is 30.1 Å². The highest BCUT2D eigenvalue weighted by molar-refractivity contribution is 5.37. The minimum absolute atomic E-state index is 0.0235. The largest absolute Gasteiger partial charge is 0.487 e. The molecule has 0 spiro atoms. The zero-order chi connectivity index (χ0) is 14.9. The van der Waals surface area contributed by atoms with Gasteiger partial charge in [0.15, 0.2) is 0 Å². The van der Waals surface area contributed by atoms with Gasteiger partial charge in [-0.25, -0.2) is 4.39 Å². The van der Waals surface area contributed by atoms with Crippen molar-refractivity contribution in [2.75, 3.05) is 13.2 Å². The lowest BCUT2D eigenvalue weighted by atomic mass is 9.79. The summed E-state index contributed by atoms with van der Waals surface area (Å²) in [7, 11) is 0. The van der Waals surface area contributed by atoms with Crippen LogP contribution in [0.25, 0.3) is 0 Å². The van der Waals surface area contributed by atoms with E-state index in [1.54, 1.807) is 12.1 Å². The van der Waals surface area contributed by atoms with Crippen molar-refractivity contribution in [2.45, 2.75) is 50.7 Å². The molecule has 0 bridgehead atoms. The first-order valence-electron chi connectivity index (χ1n) is 7.89. The van der Waals surface area contributed by atoms with E-state index in [2.05, 4.69) is 6.92 Å². The first kappa shape index (κ1) is 14.8. The molecule has 0 amide bonds. The van der Waals surface area contributed by atoms with E-state index < -0.39 is 0 Å². The Labute approximate surface area is 125 Å². The van der Waals surface area contributed by atoms with Crippen LogP contribution in [0.2, 0.25) is 0 Å². The normalized spacial score (nSPS) is 31.8. The molecule has 1 aliphatic carbocycles. The second-order valence-corrected chi connectivity index (χ2v) is 6.58. The van der Waals surface area contributed by atoms with E-state index in [1.165, 1.54) is 18.9 Å². The highest BCUT2D eigenvalue weighted by Gasteiger charge is 2.35. The highest BCUT2D eigenvalue weighted by atomic mass is 19.1. The van der Waals surface area contributed by atoms with Crippen LogP contribution in [0.4, 0.5) is 4.39 Å². The third kappa shape index (κ3) is 3.22. The van der Waals surface area contributed by atoms with E-state index in [-0.39, 0.29) is 17.5 Å². The average Bonchev–Trinajstić information content (AvgIpc) is 2.89. The molecule has 4 heteroatoms. The van der Waals surface area contributed by atoms with Crippen LogP contribution in [0.3, 0.4) is 0 Å². The predicted molar refractivity (Wildman–Crippen MR) is 79.9 cm³/mol. The fraction of sp³-hybridized carbons (Fsp3) is 0.647. The van der Waals surface area contributed by atoms with Crippen LogP contribution < -0.4 is 10.5 Å². The van der Waals surface area contributed by atoms with Gasteiger partial charge in [0.1, 0.15) is 17.7 Å². The van der Waals surface area contributed by atoms with Crippen LogP contribution in [0.1, 0.15) is 38.2 Å². The van der Waals surface area contributed by atoms with Gasteiger partial charge in [0.05, 0.1) is 12.2 Å². The number of halogens is 1. The molecule has 1 aromatic rings. The Bertz CT molecular complexity index is 498. The molecule has 1 saturated carbocycles. The van der Waals surface area contributed by atoms with Crippen molar-refractivity contribution < 1.29 is 13.9 Å². The van der Waals surface area contributed by atoms with Crippen LogP contribution in [-0.4, -0.2) is 24.9 Å². The summed E-state index contributed by atoms with van der Waals surface area (Å²) in [5.41, 5.74) is 6.71. The van der Waals surface area contributed by atoms with Crippen molar-refractivity contribution in [1.82, 2.24) is 0 Å². The molecule has 3 nitrogen and oxygen atoms in total. The lowest BCUT2D eigenvalue weighted by molar-refractivity contribution is -0.0909. The summed E-state index contributed by atoms with van der Waals surface area (Å²) in [5, 5.41) is 0. The quantitative estimate of drug-likeness (QED) is 0.928. The Morgan fingerprint density at radius 3 is 2.86 bits per heavy atom. The van der Waals surface area contributed by atoms with Crippen LogP contribution in [0.5, 0.6) is 5.75 Å². The lowest BCUT2D eigenvalue weighted by Crippen LogP contribution is -2.45. The molecule has 1 aliphatic heterocycles. The van der Waals surface area contributed by atoms with Gasteiger partial charge < -0.3 is 15.2 Å². The average molecular weight is 293 g/mol. The summed E-state index contributed by atoms with van der Waals surface area (Å²) in [6, 6.07) is 4.69. The summed E-state index contributed by atoms with van der Waals surface area (Å²) < 4.78 is 25.2. The van der Waals surface area contributed by atoms with E-state index in [0.29, 0.717) is 19.6 Å². The Hall–Kier alpha value is -1.13. The number of hydrogen-bond donors (Lipinski definition) is 1. The highest BCUT2D eigenvalue weighted by Crippen LogP contribution is 2.35. The molecule has 1 atom stereocenters. The molecule has 116 valence electrons. The molecular weight excluding hydrogens is 269 g/mol. The zero-order valence-corrected chi connectivity index (χ0v) is 12.6. The molecule has 21 heavy (non-hydrogen) atoms. The van der Waals surface area contributed by atoms with E-state index in [9.17, 15) is 4.39 Å². The van der Waals surface area contributed by atoms with Crippen molar-refractivity contribution in [1.29, 1.82) is 0 Å². The molecule has 1 aromatic carbocycles. The number of benzene rings is 1. The van der Waals surface area contributed by atoms with Crippen molar-refractivity contribution in [3.63, 3.8) is 0 Å². The van der Waals surface area contributed by atoms with Crippen molar-refractivity contribution in [2.24, 2.45) is 11.7 Å². The van der Waals surface area contributed by atoms with E-state index >= 15 is 0 Å². The van der Waals surface area contributed by atoms with Crippen LogP contribution >= 0.6 is 0 Å². The first-order chi connectivity index (χ1) is 10.1. The van der Waals surface area contributed by atoms with E-state index in [1.807, 2.05) is 0 Å². The van der Waals surface area contributed by atoms with Crippen LogP contribution in [-0.2, 0) is 11.2 Å². The van der Waals surface area contributed by atoms with Crippen molar-refractivity contribution in [3.05, 3.63) is 29.6 Å². The summed E-state index contributed by atoms with van der Waals surface area (Å²) in [6.07, 6.45) is 5.09. The third-order valence-corrected chi connectivity index (χ3v) is 4.90. The number of ether oxygens (including phenoxy) is 2. The maximum absolute atomic E-state index is 13.2. The molecule has 1 fully saturated rings. The van der Waals surface area contributed by atoms with Gasteiger partial charge in [0.2, 0.25) is 0 Å². The molecule has 0 radical (unpaired) electrons. The number of fused-ring (bicyclic) bond motifs is 1. The Kier molecular flexibility index (Phi) is 4.18. The fourth-order valence-corrected chi connectivity index (χ4v) is 3.35. The van der Waals surface area contributed by atoms with Gasteiger partial charge in [-0.15, -0.1) is 0 Å². The van der Waals surface area contributed by atoms with Gasteiger partial charge >= 0.3 is 0 Å². The predicted octanol–water partition coefficient (Wildman–Crippen LogP) is 3.05. The maximum atomic E-state index is 13.2. The maximum Gasteiger partial charge on any atom is 0.126 e. The van der Waals surface area contributed by atoms with Crippen LogP contribution in [0, 0.1) is 11.7 Å². The minimum Gasteiger partial charge on any atom is -0.487 e. The third-order valence-electron chi connectivity index (χ3n) is 4.90. The summed E-state index contributed by atoms with van der Waals surface area (Å²) in [5.74, 6) is 1.34. The summed E-state index contributed by atoms with van der Waals surface area (Å²) in [6.45, 7) is 3.38. The molecule has 0 aromatic heterocycles. The molecule has 1 heterocycles. The van der Waals surface area contributed by atoms with Gasteiger partial charge in [-0.3, -0.25) is 0 Å². The van der Waals surface area contributed by atoms with E-state index in [4.69, 9.17) is 15.2 Å². The number of nitrogens with two attached hydrogens (primary N) is 1. The zero-order valence-electron chi connectivity index (χ0n) is 12.6. The molecular formula is C17H24FNO2. The first-order valence-corrected chi connectivity index (χ1v) is 7.89. The second-order valence-electron chi connectivity index (χ2n) is 6.58. The summed E-state index contributed by atoms with van der Waals surface area (Å²) >= 11 is 0. The Morgan fingerprint density at radius 1 is 1.38 bits per heavy atom. The molecule has 0 saturated heterocycles. The fourth-order valence-electron chi connectivity index (χ4n) is 3.35. The van der Waals surface area contributed by atoms with Gasteiger partial charge in [-0.05, 0) is 49.8 Å². The standard InChI is InChI=1S/C17H24FNO2/c1-12-4-6-17(11-19,7-5-12)20-10-15-9-13-8-14(18)2-3-16(13)21-15/h2-3,8,12,15H,4-7,9-11,19H2,1H3. The van der Waals surface area contributed by atoms with Crippen molar-refractivity contribution in [3.8, 4) is 5.75 Å². The van der Waals surface area contributed by atoms with Gasteiger partial charge in [0, 0.05) is 18.5 Å². The molecule has 3 rings (SSSR count). The number of rotatable bonds is 4. The molecule has 2 N–H and O–H groups in total. The Balaban J connectivity index is 1.56. The van der Waals surface area contributed by atoms with Gasteiger partial charge in [-0.1, -0.05) is 6.92 Å². The van der Waals surface area contributed by atoms with Crippen LogP contribution in [0.15, 0.2) is 18.2 Å². The molecule has 2 aliphatic rings. The van der Waals surface area contributed by atoms with Crippen molar-refractivity contribution >= 4 is 0 Å². The lowest BCUT2D eigenvalue weighted by Gasteiger charge is -2.39. The minimum atomic E-state index is -0.210. The topological polar surface area (TPSA) is 44.5 Å².